The molecule has 1 aliphatic heterocycles. The maximum atomic E-state index is 13.1. The summed E-state index contributed by atoms with van der Waals surface area (Å²) in [7, 11) is 0. The number of hydrogen-bond acceptors (Lipinski definition) is 4. The van der Waals surface area contributed by atoms with Crippen LogP contribution in [0.3, 0.4) is 0 Å². The highest BCUT2D eigenvalue weighted by Gasteiger charge is 2.41. The third-order valence-corrected chi connectivity index (χ3v) is 5.55. The second-order valence-electron chi connectivity index (χ2n) is 6.60. The second-order valence-corrected chi connectivity index (χ2v) is 7.80. The molecule has 1 unspecified atom stereocenters. The minimum atomic E-state index is -0.313. The number of likely N-dealkylation sites (tertiary alicyclic amines) is 1. The molecule has 7 heteroatoms. The number of amides is 2. The molecule has 2 fully saturated rings. The van der Waals surface area contributed by atoms with Gasteiger partial charge in [-0.25, -0.2) is 9.37 Å². The normalized spacial score (nSPS) is 20.2. The standard InChI is InChI=1S/C18H18FN3O2S/c1-10-16(11-2-4-13(19)5-3-11)20-18(25-10)21-17(24)12-8-15(23)22(9-12)14-6-7-14/h2-5,12,14H,6-9H2,1H3,(H,20,21,24). The summed E-state index contributed by atoms with van der Waals surface area (Å²) in [6.07, 6.45) is 2.37. The van der Waals surface area contributed by atoms with Crippen molar-refractivity contribution in [3.05, 3.63) is 35.0 Å². The molecule has 0 radical (unpaired) electrons. The average molecular weight is 359 g/mol. The van der Waals surface area contributed by atoms with Gasteiger partial charge >= 0.3 is 0 Å². The van der Waals surface area contributed by atoms with Crippen LogP contribution in [0.2, 0.25) is 0 Å². The Morgan fingerprint density at radius 2 is 2.04 bits per heavy atom. The molecule has 5 nitrogen and oxygen atoms in total. The Bertz CT molecular complexity index is 829. The van der Waals surface area contributed by atoms with Crippen molar-refractivity contribution in [3.63, 3.8) is 0 Å². The Morgan fingerprint density at radius 3 is 2.72 bits per heavy atom. The van der Waals surface area contributed by atoms with E-state index in [0.717, 1.165) is 29.0 Å². The fraction of sp³-hybridized carbons (Fsp3) is 0.389. The molecule has 0 spiro atoms. The fourth-order valence-electron chi connectivity index (χ4n) is 3.18. The molecule has 2 aromatic rings. The molecule has 2 aliphatic rings. The smallest absolute Gasteiger partial charge is 0.231 e. The highest BCUT2D eigenvalue weighted by atomic mass is 32.1. The lowest BCUT2D eigenvalue weighted by molar-refractivity contribution is -0.128. The van der Waals surface area contributed by atoms with E-state index in [2.05, 4.69) is 10.3 Å². The summed E-state index contributed by atoms with van der Waals surface area (Å²) >= 11 is 1.39. The van der Waals surface area contributed by atoms with Gasteiger partial charge in [0.05, 0.1) is 11.6 Å². The number of hydrogen-bond donors (Lipinski definition) is 1. The lowest BCUT2D eigenvalue weighted by Crippen LogP contribution is -2.29. The van der Waals surface area contributed by atoms with Gasteiger partial charge in [-0.2, -0.15) is 0 Å². The molecule has 1 atom stereocenters. The van der Waals surface area contributed by atoms with E-state index in [0.29, 0.717) is 17.7 Å². The topological polar surface area (TPSA) is 62.3 Å². The van der Waals surface area contributed by atoms with E-state index in [1.807, 2.05) is 11.8 Å². The zero-order valence-electron chi connectivity index (χ0n) is 13.8. The van der Waals surface area contributed by atoms with Gasteiger partial charge in [0.25, 0.3) is 0 Å². The Labute approximate surface area is 148 Å². The van der Waals surface area contributed by atoms with Gasteiger partial charge in [0.1, 0.15) is 5.82 Å². The van der Waals surface area contributed by atoms with Gasteiger partial charge in [0.2, 0.25) is 11.8 Å². The molecule has 130 valence electrons. The van der Waals surface area contributed by atoms with Crippen LogP contribution in [0.5, 0.6) is 0 Å². The average Bonchev–Trinajstić information content (AvgIpc) is 3.25. The van der Waals surface area contributed by atoms with E-state index in [-0.39, 0.29) is 30.0 Å². The molecule has 1 aliphatic carbocycles. The van der Waals surface area contributed by atoms with E-state index in [9.17, 15) is 14.0 Å². The number of carbonyl (C=O) groups excluding carboxylic acids is 2. The van der Waals surface area contributed by atoms with Crippen molar-refractivity contribution in [2.75, 3.05) is 11.9 Å². The van der Waals surface area contributed by atoms with Crippen LogP contribution < -0.4 is 5.32 Å². The summed E-state index contributed by atoms with van der Waals surface area (Å²) in [4.78, 5) is 31.7. The first-order valence-electron chi connectivity index (χ1n) is 8.35. The van der Waals surface area contributed by atoms with Crippen LogP contribution in [0.1, 0.15) is 24.1 Å². The number of halogens is 1. The number of carbonyl (C=O) groups is 2. The Kier molecular flexibility index (Phi) is 4.03. The molecule has 1 saturated carbocycles. The summed E-state index contributed by atoms with van der Waals surface area (Å²) in [5, 5.41) is 3.36. The second kappa shape index (κ2) is 6.22. The monoisotopic (exact) mass is 359 g/mol. The number of thiazole rings is 1. The zero-order valence-corrected chi connectivity index (χ0v) is 14.6. The number of nitrogens with zero attached hydrogens (tertiary/aromatic N) is 2. The summed E-state index contributed by atoms with van der Waals surface area (Å²) < 4.78 is 13.1. The van der Waals surface area contributed by atoms with Crippen LogP contribution >= 0.6 is 11.3 Å². The number of nitrogens with one attached hydrogen (secondary N) is 1. The molecule has 4 rings (SSSR count). The molecular weight excluding hydrogens is 341 g/mol. The minimum absolute atomic E-state index is 0.0740. The van der Waals surface area contributed by atoms with Crippen molar-refractivity contribution in [1.82, 2.24) is 9.88 Å². The molecule has 2 amide bonds. The first-order chi connectivity index (χ1) is 12.0. The van der Waals surface area contributed by atoms with E-state index >= 15 is 0 Å². The van der Waals surface area contributed by atoms with Crippen molar-refractivity contribution in [2.24, 2.45) is 5.92 Å². The Morgan fingerprint density at radius 1 is 1.32 bits per heavy atom. The molecule has 0 bridgehead atoms. The summed E-state index contributed by atoms with van der Waals surface area (Å²) in [6.45, 7) is 2.42. The number of aryl methyl sites for hydroxylation is 1. The number of benzene rings is 1. The van der Waals surface area contributed by atoms with Gasteiger partial charge in [0.15, 0.2) is 5.13 Å². The number of anilines is 1. The summed E-state index contributed by atoms with van der Waals surface area (Å²) in [5.41, 5.74) is 1.55. The quantitative estimate of drug-likeness (QED) is 0.912. The molecule has 1 N–H and O–H groups in total. The molecule has 2 heterocycles. The molecule has 1 saturated heterocycles. The minimum Gasteiger partial charge on any atom is -0.339 e. The van der Waals surface area contributed by atoms with Crippen molar-refractivity contribution in [1.29, 1.82) is 0 Å². The molecule has 1 aromatic carbocycles. The summed E-state index contributed by atoms with van der Waals surface area (Å²) in [6, 6.07) is 6.47. The molecule has 25 heavy (non-hydrogen) atoms. The van der Waals surface area contributed by atoms with Crippen LogP contribution in [0.25, 0.3) is 11.3 Å². The molecular formula is C18H18FN3O2S. The van der Waals surface area contributed by atoms with Crippen LogP contribution in [0.15, 0.2) is 24.3 Å². The van der Waals surface area contributed by atoms with Gasteiger partial charge in [-0.15, -0.1) is 11.3 Å². The van der Waals surface area contributed by atoms with Crippen molar-refractivity contribution < 1.29 is 14.0 Å². The van der Waals surface area contributed by atoms with Gasteiger partial charge in [0, 0.05) is 29.4 Å². The lowest BCUT2D eigenvalue weighted by atomic mass is 10.1. The van der Waals surface area contributed by atoms with Crippen molar-refractivity contribution in [3.8, 4) is 11.3 Å². The van der Waals surface area contributed by atoms with Crippen LogP contribution in [-0.4, -0.2) is 34.3 Å². The number of aromatic nitrogens is 1. The molecule has 1 aromatic heterocycles. The highest BCUT2D eigenvalue weighted by molar-refractivity contribution is 7.16. The summed E-state index contributed by atoms with van der Waals surface area (Å²) in [5.74, 6) is -0.691. The van der Waals surface area contributed by atoms with Crippen LogP contribution in [0, 0.1) is 18.7 Å². The van der Waals surface area contributed by atoms with Crippen molar-refractivity contribution in [2.45, 2.75) is 32.2 Å². The first-order valence-corrected chi connectivity index (χ1v) is 9.16. The predicted octanol–water partition coefficient (Wildman–Crippen LogP) is 3.21. The highest BCUT2D eigenvalue weighted by Crippen LogP contribution is 2.34. The van der Waals surface area contributed by atoms with E-state index in [1.54, 1.807) is 12.1 Å². The Balaban J connectivity index is 1.46. The predicted molar refractivity (Wildman–Crippen MR) is 93.7 cm³/mol. The zero-order chi connectivity index (χ0) is 17.6. The number of rotatable bonds is 4. The third-order valence-electron chi connectivity index (χ3n) is 4.66. The van der Waals surface area contributed by atoms with E-state index < -0.39 is 0 Å². The SMILES string of the molecule is Cc1sc(NC(=O)C2CC(=O)N(C3CC3)C2)nc1-c1ccc(F)cc1. The van der Waals surface area contributed by atoms with Gasteiger partial charge < -0.3 is 10.2 Å². The third kappa shape index (κ3) is 3.28. The van der Waals surface area contributed by atoms with Crippen LogP contribution in [-0.2, 0) is 9.59 Å². The van der Waals surface area contributed by atoms with Crippen LogP contribution in [0.4, 0.5) is 9.52 Å². The van der Waals surface area contributed by atoms with E-state index in [4.69, 9.17) is 0 Å². The first kappa shape index (κ1) is 16.2. The largest absolute Gasteiger partial charge is 0.339 e. The van der Waals surface area contributed by atoms with Gasteiger partial charge in [-0.3, -0.25) is 9.59 Å². The van der Waals surface area contributed by atoms with Crippen molar-refractivity contribution >= 4 is 28.3 Å². The van der Waals surface area contributed by atoms with E-state index in [1.165, 1.54) is 23.5 Å². The maximum Gasteiger partial charge on any atom is 0.231 e. The van der Waals surface area contributed by atoms with Gasteiger partial charge in [-0.05, 0) is 44.0 Å². The Hall–Kier alpha value is -2.28. The maximum absolute atomic E-state index is 13.1. The fourth-order valence-corrected chi connectivity index (χ4v) is 4.02. The lowest BCUT2D eigenvalue weighted by Gasteiger charge is -2.14. The van der Waals surface area contributed by atoms with Gasteiger partial charge in [-0.1, -0.05) is 0 Å².